The molecule has 1 aliphatic rings. The summed E-state index contributed by atoms with van der Waals surface area (Å²) in [7, 11) is 0. The van der Waals surface area contributed by atoms with Gasteiger partial charge in [0.15, 0.2) is 5.69 Å². The molecular weight excluding hydrogens is 330 g/mol. The minimum atomic E-state index is -0.580. The average molecular weight is 355 g/mol. The molecule has 7 nitrogen and oxygen atoms in total. The van der Waals surface area contributed by atoms with Gasteiger partial charge in [0.1, 0.15) is 5.82 Å². The molecule has 2 atom stereocenters. The molecule has 3 N–H and O–H groups in total. The Morgan fingerprint density at radius 1 is 1.31 bits per heavy atom. The Balaban J connectivity index is 1.60. The standard InChI is InChI=1S/C19H25N5O2/c1-2-15(21-18-9-8-16(19(20)25)22-23-18)17-13-24(10-11-26-17)12-14-6-4-3-5-7-14/h3-9,15,17H,2,10-13H2,1H3,(H2,20,25)(H,21,23). The van der Waals surface area contributed by atoms with Crippen molar-refractivity contribution in [3.05, 3.63) is 53.7 Å². The molecule has 26 heavy (non-hydrogen) atoms. The first-order valence-corrected chi connectivity index (χ1v) is 8.93. The van der Waals surface area contributed by atoms with Crippen molar-refractivity contribution in [2.24, 2.45) is 5.73 Å². The van der Waals surface area contributed by atoms with Crippen molar-refractivity contribution in [3.63, 3.8) is 0 Å². The van der Waals surface area contributed by atoms with E-state index in [0.717, 1.165) is 26.1 Å². The van der Waals surface area contributed by atoms with E-state index in [9.17, 15) is 4.79 Å². The third-order valence-electron chi connectivity index (χ3n) is 4.57. The first-order chi connectivity index (χ1) is 12.7. The van der Waals surface area contributed by atoms with Gasteiger partial charge in [0.2, 0.25) is 0 Å². The van der Waals surface area contributed by atoms with Crippen molar-refractivity contribution in [1.29, 1.82) is 0 Å². The van der Waals surface area contributed by atoms with Gasteiger partial charge in [-0.25, -0.2) is 0 Å². The molecule has 1 fully saturated rings. The molecule has 0 saturated carbocycles. The summed E-state index contributed by atoms with van der Waals surface area (Å²) < 4.78 is 6.01. The monoisotopic (exact) mass is 355 g/mol. The Morgan fingerprint density at radius 3 is 2.77 bits per heavy atom. The average Bonchev–Trinajstić information content (AvgIpc) is 2.67. The van der Waals surface area contributed by atoms with Crippen LogP contribution in [-0.4, -0.2) is 52.8 Å². The molecule has 0 spiro atoms. The van der Waals surface area contributed by atoms with Gasteiger partial charge in [0, 0.05) is 19.6 Å². The van der Waals surface area contributed by atoms with Crippen molar-refractivity contribution < 1.29 is 9.53 Å². The van der Waals surface area contributed by atoms with Gasteiger partial charge in [-0.2, -0.15) is 0 Å². The van der Waals surface area contributed by atoms with Crippen molar-refractivity contribution in [3.8, 4) is 0 Å². The van der Waals surface area contributed by atoms with E-state index in [1.807, 2.05) is 6.07 Å². The van der Waals surface area contributed by atoms with Gasteiger partial charge in [-0.05, 0) is 24.1 Å². The number of rotatable bonds is 7. The fourth-order valence-electron chi connectivity index (χ4n) is 3.15. The van der Waals surface area contributed by atoms with Crippen LogP contribution in [0.15, 0.2) is 42.5 Å². The number of amides is 1. The van der Waals surface area contributed by atoms with Crippen LogP contribution in [-0.2, 0) is 11.3 Å². The second-order valence-electron chi connectivity index (χ2n) is 6.46. The Kier molecular flexibility index (Phi) is 6.14. The number of benzene rings is 1. The zero-order valence-corrected chi connectivity index (χ0v) is 15.0. The number of hydrogen-bond acceptors (Lipinski definition) is 6. The zero-order chi connectivity index (χ0) is 18.4. The van der Waals surface area contributed by atoms with Crippen LogP contribution in [0.4, 0.5) is 5.82 Å². The molecule has 1 amide bonds. The highest BCUT2D eigenvalue weighted by Crippen LogP contribution is 2.17. The predicted molar refractivity (Wildman–Crippen MR) is 99.7 cm³/mol. The summed E-state index contributed by atoms with van der Waals surface area (Å²) in [5.74, 6) is 0.0360. The maximum absolute atomic E-state index is 11.1. The number of anilines is 1. The van der Waals surface area contributed by atoms with E-state index in [1.54, 1.807) is 12.1 Å². The lowest BCUT2D eigenvalue weighted by atomic mass is 10.1. The molecule has 1 aromatic heterocycles. The van der Waals surface area contributed by atoms with Gasteiger partial charge in [-0.3, -0.25) is 9.69 Å². The number of morpholine rings is 1. The number of nitrogens with zero attached hydrogens (tertiary/aromatic N) is 3. The van der Waals surface area contributed by atoms with Crippen LogP contribution < -0.4 is 11.1 Å². The SMILES string of the molecule is CCC(Nc1ccc(C(N)=O)nn1)C1CN(Cc2ccccc2)CCO1. The van der Waals surface area contributed by atoms with E-state index < -0.39 is 5.91 Å². The molecule has 2 aromatic rings. The van der Waals surface area contributed by atoms with Crippen molar-refractivity contribution in [2.45, 2.75) is 32.0 Å². The fraction of sp³-hybridized carbons (Fsp3) is 0.421. The summed E-state index contributed by atoms with van der Waals surface area (Å²) in [6.45, 7) is 5.52. The highest BCUT2D eigenvalue weighted by Gasteiger charge is 2.27. The van der Waals surface area contributed by atoms with Crippen LogP contribution in [0, 0.1) is 0 Å². The molecule has 0 bridgehead atoms. The summed E-state index contributed by atoms with van der Waals surface area (Å²) >= 11 is 0. The third-order valence-corrected chi connectivity index (χ3v) is 4.57. The maximum Gasteiger partial charge on any atom is 0.269 e. The molecule has 7 heteroatoms. The van der Waals surface area contributed by atoms with Crippen LogP contribution >= 0.6 is 0 Å². The second kappa shape index (κ2) is 8.73. The Labute approximate surface area is 153 Å². The maximum atomic E-state index is 11.1. The number of nitrogens with one attached hydrogen (secondary N) is 1. The van der Waals surface area contributed by atoms with E-state index in [2.05, 4.69) is 51.6 Å². The lowest BCUT2D eigenvalue weighted by molar-refractivity contribution is -0.0403. The van der Waals surface area contributed by atoms with Crippen LogP contribution in [0.3, 0.4) is 0 Å². The quantitative estimate of drug-likeness (QED) is 0.785. The molecular formula is C19H25N5O2. The molecule has 2 unspecified atom stereocenters. The highest BCUT2D eigenvalue weighted by molar-refractivity contribution is 5.90. The molecule has 2 heterocycles. The van der Waals surface area contributed by atoms with Crippen molar-refractivity contribution >= 4 is 11.7 Å². The highest BCUT2D eigenvalue weighted by atomic mass is 16.5. The number of ether oxygens (including phenoxy) is 1. The third kappa shape index (κ3) is 4.77. The molecule has 0 aliphatic carbocycles. The van der Waals surface area contributed by atoms with Gasteiger partial charge in [0.05, 0.1) is 18.8 Å². The van der Waals surface area contributed by atoms with Gasteiger partial charge in [-0.15, -0.1) is 10.2 Å². The summed E-state index contributed by atoms with van der Waals surface area (Å²) in [5.41, 5.74) is 6.67. The van der Waals surface area contributed by atoms with Gasteiger partial charge >= 0.3 is 0 Å². The lowest BCUT2D eigenvalue weighted by Gasteiger charge is -2.37. The lowest BCUT2D eigenvalue weighted by Crippen LogP contribution is -2.49. The van der Waals surface area contributed by atoms with Crippen molar-refractivity contribution in [2.75, 3.05) is 25.0 Å². The predicted octanol–water partition coefficient (Wildman–Crippen LogP) is 1.67. The van der Waals surface area contributed by atoms with E-state index >= 15 is 0 Å². The number of nitrogens with two attached hydrogens (primary N) is 1. The van der Waals surface area contributed by atoms with E-state index in [4.69, 9.17) is 10.5 Å². The number of carbonyl (C=O) groups excluding carboxylic acids is 1. The number of primary amides is 1. The summed E-state index contributed by atoms with van der Waals surface area (Å²) in [4.78, 5) is 13.5. The second-order valence-corrected chi connectivity index (χ2v) is 6.46. The summed E-state index contributed by atoms with van der Waals surface area (Å²) in [6, 6.07) is 13.9. The van der Waals surface area contributed by atoms with E-state index in [-0.39, 0.29) is 17.8 Å². The molecule has 138 valence electrons. The van der Waals surface area contributed by atoms with Crippen LogP contribution in [0.25, 0.3) is 0 Å². The van der Waals surface area contributed by atoms with Crippen LogP contribution in [0.5, 0.6) is 0 Å². The minimum absolute atomic E-state index is 0.0649. The Hall–Kier alpha value is -2.51. The minimum Gasteiger partial charge on any atom is -0.373 e. The Morgan fingerprint density at radius 2 is 2.12 bits per heavy atom. The molecule has 1 saturated heterocycles. The summed E-state index contributed by atoms with van der Waals surface area (Å²) in [6.07, 6.45) is 0.957. The molecule has 1 aliphatic heterocycles. The number of aromatic nitrogens is 2. The van der Waals surface area contributed by atoms with E-state index in [1.165, 1.54) is 5.56 Å². The van der Waals surface area contributed by atoms with Crippen molar-refractivity contribution in [1.82, 2.24) is 15.1 Å². The Bertz CT molecular complexity index is 708. The first kappa shape index (κ1) is 18.3. The molecule has 3 rings (SSSR count). The van der Waals surface area contributed by atoms with Crippen LogP contribution in [0.2, 0.25) is 0 Å². The zero-order valence-electron chi connectivity index (χ0n) is 15.0. The van der Waals surface area contributed by atoms with Gasteiger partial charge < -0.3 is 15.8 Å². The number of carbonyl (C=O) groups is 1. The van der Waals surface area contributed by atoms with Gasteiger partial charge in [-0.1, -0.05) is 37.3 Å². The first-order valence-electron chi connectivity index (χ1n) is 8.93. The fourth-order valence-corrected chi connectivity index (χ4v) is 3.15. The summed E-state index contributed by atoms with van der Waals surface area (Å²) in [5, 5.41) is 11.3. The largest absolute Gasteiger partial charge is 0.373 e. The normalized spacial score (nSPS) is 19.0. The topological polar surface area (TPSA) is 93.4 Å². The molecule has 1 aromatic carbocycles. The van der Waals surface area contributed by atoms with E-state index in [0.29, 0.717) is 12.4 Å². The van der Waals surface area contributed by atoms with Crippen LogP contribution in [0.1, 0.15) is 29.4 Å². The van der Waals surface area contributed by atoms with Gasteiger partial charge in [0.25, 0.3) is 5.91 Å². The smallest absolute Gasteiger partial charge is 0.269 e. The molecule has 0 radical (unpaired) electrons. The number of hydrogen-bond donors (Lipinski definition) is 2.